The van der Waals surface area contributed by atoms with Crippen molar-refractivity contribution in [1.82, 2.24) is 5.32 Å². The average molecular weight is 251 g/mol. The van der Waals surface area contributed by atoms with Gasteiger partial charge in [0.15, 0.2) is 9.84 Å². The highest BCUT2D eigenvalue weighted by atomic mass is 32.2. The Labute approximate surface area is 97.5 Å². The van der Waals surface area contributed by atoms with Gasteiger partial charge in [0.1, 0.15) is 0 Å². The first-order valence-electron chi connectivity index (χ1n) is 5.39. The summed E-state index contributed by atoms with van der Waals surface area (Å²) in [5.41, 5.74) is 0. The SMILES string of the molecule is CCCC(CS(=O)(=O)CCC(=O)OC)NC. The molecule has 0 radical (unpaired) electrons. The summed E-state index contributed by atoms with van der Waals surface area (Å²) in [6.45, 7) is 2.01. The second kappa shape index (κ2) is 7.62. The largest absolute Gasteiger partial charge is 0.469 e. The molecule has 0 fully saturated rings. The lowest BCUT2D eigenvalue weighted by Crippen LogP contribution is -2.34. The van der Waals surface area contributed by atoms with Crippen molar-refractivity contribution in [2.24, 2.45) is 0 Å². The highest BCUT2D eigenvalue weighted by molar-refractivity contribution is 7.91. The quantitative estimate of drug-likeness (QED) is 0.630. The summed E-state index contributed by atoms with van der Waals surface area (Å²) in [6, 6.07) is -0.0346. The van der Waals surface area contributed by atoms with Crippen molar-refractivity contribution in [3.8, 4) is 0 Å². The van der Waals surface area contributed by atoms with Crippen LogP contribution in [0.1, 0.15) is 26.2 Å². The number of ether oxygens (including phenoxy) is 1. The molecule has 0 bridgehead atoms. The van der Waals surface area contributed by atoms with Gasteiger partial charge in [-0.3, -0.25) is 4.79 Å². The molecule has 0 amide bonds. The predicted octanol–water partition coefficient (Wildman–Crippen LogP) is 0.352. The van der Waals surface area contributed by atoms with Gasteiger partial charge in [0.25, 0.3) is 0 Å². The third kappa shape index (κ3) is 6.79. The van der Waals surface area contributed by atoms with Crippen LogP contribution in [0.3, 0.4) is 0 Å². The maximum absolute atomic E-state index is 11.6. The zero-order chi connectivity index (χ0) is 12.6. The molecule has 96 valence electrons. The Hall–Kier alpha value is -0.620. The number of methoxy groups -OCH3 is 1. The summed E-state index contributed by atoms with van der Waals surface area (Å²) in [4.78, 5) is 10.8. The van der Waals surface area contributed by atoms with Crippen LogP contribution >= 0.6 is 0 Å². The van der Waals surface area contributed by atoms with E-state index in [-0.39, 0.29) is 24.0 Å². The lowest BCUT2D eigenvalue weighted by atomic mass is 10.2. The number of carbonyl (C=O) groups is 1. The molecular formula is C10H21NO4S. The summed E-state index contributed by atoms with van der Waals surface area (Å²) < 4.78 is 27.7. The minimum Gasteiger partial charge on any atom is -0.469 e. The third-order valence-corrected chi connectivity index (χ3v) is 4.08. The van der Waals surface area contributed by atoms with Gasteiger partial charge in [0.2, 0.25) is 0 Å². The minimum atomic E-state index is -3.18. The van der Waals surface area contributed by atoms with Gasteiger partial charge < -0.3 is 10.1 Å². The van der Waals surface area contributed by atoms with Gasteiger partial charge in [-0.25, -0.2) is 8.42 Å². The summed E-state index contributed by atoms with van der Waals surface area (Å²) in [7, 11) is -0.185. The molecule has 0 aliphatic rings. The Kier molecular flexibility index (Phi) is 7.33. The number of hydrogen-bond acceptors (Lipinski definition) is 5. The fourth-order valence-electron chi connectivity index (χ4n) is 1.39. The molecule has 0 aromatic heterocycles. The lowest BCUT2D eigenvalue weighted by Gasteiger charge is -2.14. The number of esters is 1. The first kappa shape index (κ1) is 15.4. The monoisotopic (exact) mass is 251 g/mol. The molecule has 16 heavy (non-hydrogen) atoms. The highest BCUT2D eigenvalue weighted by Gasteiger charge is 2.18. The maximum Gasteiger partial charge on any atom is 0.306 e. The van der Waals surface area contributed by atoms with Gasteiger partial charge >= 0.3 is 5.97 Å². The zero-order valence-electron chi connectivity index (χ0n) is 10.2. The van der Waals surface area contributed by atoms with E-state index in [2.05, 4.69) is 10.1 Å². The second-order valence-corrected chi connectivity index (χ2v) is 5.94. The van der Waals surface area contributed by atoms with E-state index in [9.17, 15) is 13.2 Å². The summed E-state index contributed by atoms with van der Waals surface area (Å²) in [5, 5.41) is 2.97. The molecule has 0 aliphatic heterocycles. The van der Waals surface area contributed by atoms with Crippen molar-refractivity contribution in [3.63, 3.8) is 0 Å². The van der Waals surface area contributed by atoms with Crippen LogP contribution in [0.5, 0.6) is 0 Å². The molecule has 5 nitrogen and oxygen atoms in total. The molecule has 0 aliphatic carbocycles. The van der Waals surface area contributed by atoms with Gasteiger partial charge in [0.05, 0.1) is 25.0 Å². The van der Waals surface area contributed by atoms with Crippen LogP contribution in [0.2, 0.25) is 0 Å². The van der Waals surface area contributed by atoms with E-state index in [1.54, 1.807) is 7.05 Å². The molecule has 0 saturated carbocycles. The van der Waals surface area contributed by atoms with E-state index >= 15 is 0 Å². The molecule has 0 heterocycles. The molecule has 1 atom stereocenters. The van der Waals surface area contributed by atoms with Gasteiger partial charge in [-0.1, -0.05) is 13.3 Å². The van der Waals surface area contributed by atoms with Crippen LogP contribution in [0.25, 0.3) is 0 Å². The molecule has 0 aromatic rings. The normalized spacial score (nSPS) is 13.4. The average Bonchev–Trinajstić information content (AvgIpc) is 2.25. The lowest BCUT2D eigenvalue weighted by molar-refractivity contribution is -0.140. The predicted molar refractivity (Wildman–Crippen MR) is 63.0 cm³/mol. The molecule has 0 rings (SSSR count). The van der Waals surface area contributed by atoms with Crippen molar-refractivity contribution in [1.29, 1.82) is 0 Å². The van der Waals surface area contributed by atoms with Crippen LogP contribution < -0.4 is 5.32 Å². The van der Waals surface area contributed by atoms with E-state index in [4.69, 9.17) is 0 Å². The molecule has 0 spiro atoms. The third-order valence-electron chi connectivity index (χ3n) is 2.35. The topological polar surface area (TPSA) is 72.5 Å². The zero-order valence-corrected chi connectivity index (χ0v) is 11.0. The first-order valence-corrected chi connectivity index (χ1v) is 7.21. The maximum atomic E-state index is 11.6. The van der Waals surface area contributed by atoms with Crippen LogP contribution in [0, 0.1) is 0 Å². The molecule has 1 unspecified atom stereocenters. The fourth-order valence-corrected chi connectivity index (χ4v) is 2.98. The van der Waals surface area contributed by atoms with Crippen molar-refractivity contribution >= 4 is 15.8 Å². The number of carbonyl (C=O) groups excluding carboxylic acids is 1. The van der Waals surface area contributed by atoms with Crippen molar-refractivity contribution in [2.45, 2.75) is 32.2 Å². The molecule has 0 aromatic carbocycles. The van der Waals surface area contributed by atoms with Gasteiger partial charge in [-0.15, -0.1) is 0 Å². The van der Waals surface area contributed by atoms with Crippen LogP contribution in [-0.2, 0) is 19.4 Å². The van der Waals surface area contributed by atoms with E-state index in [0.29, 0.717) is 0 Å². The number of sulfone groups is 1. The van der Waals surface area contributed by atoms with Crippen molar-refractivity contribution < 1.29 is 17.9 Å². The van der Waals surface area contributed by atoms with E-state index in [1.165, 1.54) is 7.11 Å². The molecule has 0 saturated heterocycles. The van der Waals surface area contributed by atoms with Gasteiger partial charge in [-0.2, -0.15) is 0 Å². The molecule has 1 N–H and O–H groups in total. The Bertz CT molecular complexity index is 300. The van der Waals surface area contributed by atoms with Crippen LogP contribution in [0.4, 0.5) is 0 Å². The molecular weight excluding hydrogens is 230 g/mol. The highest BCUT2D eigenvalue weighted by Crippen LogP contribution is 2.03. The van der Waals surface area contributed by atoms with Crippen molar-refractivity contribution in [3.05, 3.63) is 0 Å². The van der Waals surface area contributed by atoms with Crippen LogP contribution in [-0.4, -0.2) is 46.1 Å². The number of nitrogens with one attached hydrogen (secondary N) is 1. The standard InChI is InChI=1S/C10H21NO4S/c1-4-5-9(11-2)8-16(13,14)7-6-10(12)15-3/h9,11H,4-8H2,1-3H3. The van der Waals surface area contributed by atoms with Crippen LogP contribution in [0.15, 0.2) is 0 Å². The summed E-state index contributed by atoms with van der Waals surface area (Å²) >= 11 is 0. The Balaban J connectivity index is 4.17. The first-order chi connectivity index (χ1) is 7.45. The van der Waals surface area contributed by atoms with Crippen molar-refractivity contribution in [2.75, 3.05) is 25.7 Å². The Morgan fingerprint density at radius 1 is 1.44 bits per heavy atom. The Morgan fingerprint density at radius 2 is 2.06 bits per heavy atom. The fraction of sp³-hybridized carbons (Fsp3) is 0.900. The molecule has 6 heteroatoms. The second-order valence-electron chi connectivity index (χ2n) is 3.71. The smallest absolute Gasteiger partial charge is 0.306 e. The van der Waals surface area contributed by atoms with E-state index < -0.39 is 15.8 Å². The summed E-state index contributed by atoms with van der Waals surface area (Å²) in [6.07, 6.45) is 1.67. The Morgan fingerprint density at radius 3 is 2.50 bits per heavy atom. The number of hydrogen-bond donors (Lipinski definition) is 1. The number of rotatable bonds is 8. The minimum absolute atomic E-state index is 0.0346. The van der Waals surface area contributed by atoms with E-state index in [1.807, 2.05) is 6.92 Å². The van der Waals surface area contributed by atoms with E-state index in [0.717, 1.165) is 12.8 Å². The van der Waals surface area contributed by atoms with Gasteiger partial charge in [0, 0.05) is 6.04 Å². The summed E-state index contributed by atoms with van der Waals surface area (Å²) in [5.74, 6) is -0.546. The van der Waals surface area contributed by atoms with Gasteiger partial charge in [-0.05, 0) is 13.5 Å².